The molecule has 1 N–H and O–H groups in total. The highest BCUT2D eigenvalue weighted by Crippen LogP contribution is 2.16. The fraction of sp³-hybridized carbons (Fsp3) is 0.273. The second-order valence-corrected chi connectivity index (χ2v) is 7.49. The summed E-state index contributed by atoms with van der Waals surface area (Å²) < 4.78 is 14.7. The number of anilines is 1. The fourth-order valence-corrected chi connectivity index (χ4v) is 3.54. The number of carbonyl (C=O) groups is 2. The zero-order chi connectivity index (χ0) is 22.0. The molecule has 1 fully saturated rings. The van der Waals surface area contributed by atoms with Gasteiger partial charge >= 0.3 is 6.03 Å². The normalized spacial score (nSPS) is 13.9. The quantitative estimate of drug-likeness (QED) is 0.703. The Balaban J connectivity index is 1.38. The first-order chi connectivity index (χ1) is 14.9. The lowest BCUT2D eigenvalue weighted by Gasteiger charge is -2.34. The van der Waals surface area contributed by atoms with Gasteiger partial charge in [0.05, 0.1) is 11.4 Å². The summed E-state index contributed by atoms with van der Waals surface area (Å²) >= 11 is 0. The molecule has 0 saturated carbocycles. The van der Waals surface area contributed by atoms with Crippen molar-refractivity contribution in [3.8, 4) is 5.69 Å². The summed E-state index contributed by atoms with van der Waals surface area (Å²) in [7, 11) is 0. The number of aromatic nitrogens is 3. The van der Waals surface area contributed by atoms with E-state index in [0.717, 1.165) is 11.3 Å². The number of aryl methyl sites for hydroxylation is 1. The first-order valence-electron chi connectivity index (χ1n) is 10.0. The molecule has 0 aliphatic carbocycles. The van der Waals surface area contributed by atoms with Gasteiger partial charge in [-0.05, 0) is 55.8 Å². The van der Waals surface area contributed by atoms with Crippen LogP contribution in [0.15, 0.2) is 48.5 Å². The van der Waals surface area contributed by atoms with Crippen LogP contribution in [-0.2, 0) is 0 Å². The van der Waals surface area contributed by atoms with Gasteiger partial charge in [-0.2, -0.15) is 0 Å². The van der Waals surface area contributed by atoms with E-state index in [1.165, 1.54) is 16.8 Å². The van der Waals surface area contributed by atoms with Crippen molar-refractivity contribution in [2.45, 2.75) is 13.8 Å². The van der Waals surface area contributed by atoms with Gasteiger partial charge in [-0.15, -0.1) is 5.10 Å². The van der Waals surface area contributed by atoms with Crippen LogP contribution >= 0.6 is 0 Å². The zero-order valence-corrected chi connectivity index (χ0v) is 17.4. The predicted octanol–water partition coefficient (Wildman–Crippen LogP) is 3.01. The molecule has 0 bridgehead atoms. The number of piperazine rings is 1. The SMILES string of the molecule is Cc1cccc(NC(=O)N2CCN(C(=O)c3nnn(-c4ccc(F)cc4)c3C)CC2)c1. The molecular weight excluding hydrogens is 399 g/mol. The monoisotopic (exact) mass is 422 g/mol. The van der Waals surface area contributed by atoms with Crippen molar-refractivity contribution in [2.24, 2.45) is 0 Å². The van der Waals surface area contributed by atoms with Crippen LogP contribution in [0.3, 0.4) is 0 Å². The molecule has 0 unspecified atom stereocenters. The van der Waals surface area contributed by atoms with E-state index in [4.69, 9.17) is 0 Å². The second kappa shape index (κ2) is 8.55. The highest BCUT2D eigenvalue weighted by Gasteiger charge is 2.28. The molecule has 1 aliphatic rings. The predicted molar refractivity (Wildman–Crippen MR) is 114 cm³/mol. The van der Waals surface area contributed by atoms with Crippen LogP contribution in [0.2, 0.25) is 0 Å². The third-order valence-corrected chi connectivity index (χ3v) is 5.29. The smallest absolute Gasteiger partial charge is 0.321 e. The van der Waals surface area contributed by atoms with E-state index < -0.39 is 0 Å². The summed E-state index contributed by atoms with van der Waals surface area (Å²) in [5.74, 6) is -0.577. The van der Waals surface area contributed by atoms with Crippen LogP contribution < -0.4 is 5.32 Å². The van der Waals surface area contributed by atoms with Crippen LogP contribution in [0, 0.1) is 19.7 Å². The van der Waals surface area contributed by atoms with Gasteiger partial charge in [0.25, 0.3) is 5.91 Å². The Morgan fingerprint density at radius 2 is 1.65 bits per heavy atom. The number of hydrogen-bond acceptors (Lipinski definition) is 4. The molecule has 8 nitrogen and oxygen atoms in total. The second-order valence-electron chi connectivity index (χ2n) is 7.49. The molecule has 9 heteroatoms. The van der Waals surface area contributed by atoms with Gasteiger partial charge in [-0.1, -0.05) is 17.3 Å². The largest absolute Gasteiger partial charge is 0.334 e. The molecule has 2 aromatic carbocycles. The third-order valence-electron chi connectivity index (χ3n) is 5.29. The first kappa shape index (κ1) is 20.5. The maximum absolute atomic E-state index is 13.2. The lowest BCUT2D eigenvalue weighted by atomic mass is 10.2. The molecule has 4 rings (SSSR count). The van der Waals surface area contributed by atoms with Gasteiger partial charge in [0, 0.05) is 31.9 Å². The van der Waals surface area contributed by atoms with Gasteiger partial charge in [0.15, 0.2) is 5.69 Å². The molecule has 1 saturated heterocycles. The Hall–Kier alpha value is -3.75. The highest BCUT2D eigenvalue weighted by atomic mass is 19.1. The van der Waals surface area contributed by atoms with Crippen LogP contribution in [-0.4, -0.2) is 62.9 Å². The van der Waals surface area contributed by atoms with Crippen molar-refractivity contribution >= 4 is 17.6 Å². The van der Waals surface area contributed by atoms with E-state index in [1.54, 1.807) is 28.9 Å². The van der Waals surface area contributed by atoms with Gasteiger partial charge in [-0.25, -0.2) is 13.9 Å². The highest BCUT2D eigenvalue weighted by molar-refractivity contribution is 5.94. The number of carbonyl (C=O) groups excluding carboxylic acids is 2. The van der Waals surface area contributed by atoms with Gasteiger partial charge < -0.3 is 15.1 Å². The van der Waals surface area contributed by atoms with Crippen LogP contribution in [0.4, 0.5) is 14.9 Å². The Morgan fingerprint density at radius 1 is 0.968 bits per heavy atom. The number of urea groups is 1. The minimum atomic E-state index is -0.345. The summed E-state index contributed by atoms with van der Waals surface area (Å²) in [4.78, 5) is 28.8. The number of amides is 3. The van der Waals surface area contributed by atoms with E-state index in [9.17, 15) is 14.0 Å². The molecule has 31 heavy (non-hydrogen) atoms. The van der Waals surface area contributed by atoms with E-state index >= 15 is 0 Å². The van der Waals surface area contributed by atoms with E-state index in [1.807, 2.05) is 31.2 Å². The molecule has 0 spiro atoms. The maximum atomic E-state index is 13.2. The average molecular weight is 422 g/mol. The van der Waals surface area contributed by atoms with E-state index in [0.29, 0.717) is 37.6 Å². The van der Waals surface area contributed by atoms with Crippen LogP contribution in [0.1, 0.15) is 21.7 Å². The fourth-order valence-electron chi connectivity index (χ4n) is 3.54. The number of benzene rings is 2. The van der Waals surface area contributed by atoms with Crippen molar-refractivity contribution in [2.75, 3.05) is 31.5 Å². The topological polar surface area (TPSA) is 83.4 Å². The minimum absolute atomic E-state index is 0.184. The Labute approximate surface area is 179 Å². The van der Waals surface area contributed by atoms with Crippen molar-refractivity contribution in [1.82, 2.24) is 24.8 Å². The summed E-state index contributed by atoms with van der Waals surface area (Å²) in [6.45, 7) is 5.38. The molecule has 0 atom stereocenters. The zero-order valence-electron chi connectivity index (χ0n) is 17.4. The molecule has 3 aromatic rings. The third kappa shape index (κ3) is 4.40. The average Bonchev–Trinajstić information content (AvgIpc) is 3.15. The molecular formula is C22H23FN6O2. The van der Waals surface area contributed by atoms with Crippen LogP contribution in [0.25, 0.3) is 5.69 Å². The number of rotatable bonds is 3. The summed E-state index contributed by atoms with van der Waals surface area (Å²) in [6.07, 6.45) is 0. The van der Waals surface area contributed by atoms with Gasteiger partial charge in [0.1, 0.15) is 5.82 Å². The lowest BCUT2D eigenvalue weighted by Crippen LogP contribution is -2.51. The van der Waals surface area contributed by atoms with Gasteiger partial charge in [-0.3, -0.25) is 4.79 Å². The Morgan fingerprint density at radius 3 is 2.32 bits per heavy atom. The van der Waals surface area contributed by atoms with E-state index in [-0.39, 0.29) is 23.4 Å². The van der Waals surface area contributed by atoms with Crippen molar-refractivity contribution < 1.29 is 14.0 Å². The van der Waals surface area contributed by atoms with Crippen molar-refractivity contribution in [3.63, 3.8) is 0 Å². The number of halogens is 1. The van der Waals surface area contributed by atoms with Crippen LogP contribution in [0.5, 0.6) is 0 Å². The standard InChI is InChI=1S/C22H23FN6O2/c1-15-4-3-5-18(14-15)24-22(31)28-12-10-27(11-13-28)21(30)20-16(2)29(26-25-20)19-8-6-17(23)7-9-19/h3-9,14H,10-13H2,1-2H3,(H,24,31). The molecule has 0 radical (unpaired) electrons. The first-order valence-corrected chi connectivity index (χ1v) is 10.0. The Kier molecular flexibility index (Phi) is 5.66. The van der Waals surface area contributed by atoms with Crippen molar-refractivity contribution in [1.29, 1.82) is 0 Å². The summed E-state index contributed by atoms with van der Waals surface area (Å²) in [5, 5.41) is 11.0. The number of nitrogens with zero attached hydrogens (tertiary/aromatic N) is 5. The summed E-state index contributed by atoms with van der Waals surface area (Å²) in [5.41, 5.74) is 3.27. The molecule has 160 valence electrons. The maximum Gasteiger partial charge on any atom is 0.321 e. The van der Waals surface area contributed by atoms with Crippen molar-refractivity contribution in [3.05, 3.63) is 71.3 Å². The number of nitrogens with one attached hydrogen (secondary N) is 1. The minimum Gasteiger partial charge on any atom is -0.334 e. The molecule has 3 amide bonds. The Bertz CT molecular complexity index is 1100. The number of hydrogen-bond donors (Lipinski definition) is 1. The summed E-state index contributed by atoms with van der Waals surface area (Å²) in [6, 6.07) is 13.3. The molecule has 1 aliphatic heterocycles. The lowest BCUT2D eigenvalue weighted by molar-refractivity contribution is 0.0665. The van der Waals surface area contributed by atoms with Gasteiger partial charge in [0.2, 0.25) is 0 Å². The van der Waals surface area contributed by atoms with E-state index in [2.05, 4.69) is 15.6 Å². The molecule has 1 aromatic heterocycles. The molecule has 2 heterocycles.